The number of hydrogen-bond acceptors (Lipinski definition) is 4. The predicted octanol–water partition coefficient (Wildman–Crippen LogP) is 4.58. The van der Waals surface area contributed by atoms with E-state index < -0.39 is 0 Å². The van der Waals surface area contributed by atoms with Gasteiger partial charge in [0.05, 0.1) is 21.6 Å². The third-order valence-corrected chi connectivity index (χ3v) is 5.61. The monoisotopic (exact) mass is 342 g/mol. The first-order chi connectivity index (χ1) is 11.2. The normalized spacial score (nSPS) is 11.2. The highest BCUT2D eigenvalue weighted by atomic mass is 32.1. The maximum atomic E-state index is 13.7. The fourth-order valence-corrected chi connectivity index (χ4v) is 4.27. The van der Waals surface area contributed by atoms with Gasteiger partial charge in [0.25, 0.3) is 5.91 Å². The third kappa shape index (κ3) is 2.71. The van der Waals surface area contributed by atoms with Gasteiger partial charge >= 0.3 is 0 Å². The van der Waals surface area contributed by atoms with E-state index in [0.29, 0.717) is 16.8 Å². The number of benzene rings is 2. The summed E-state index contributed by atoms with van der Waals surface area (Å²) in [4.78, 5) is 17.3. The topological polar surface area (TPSA) is 42.0 Å². The van der Waals surface area contributed by atoms with Gasteiger partial charge in [0.15, 0.2) is 0 Å². The first-order valence-corrected chi connectivity index (χ1v) is 8.65. The highest BCUT2D eigenvalue weighted by Gasteiger charge is 2.13. The van der Waals surface area contributed by atoms with Crippen molar-refractivity contribution in [2.24, 2.45) is 0 Å². The number of para-hydroxylation sites is 1. The molecule has 0 fully saturated rings. The average molecular weight is 342 g/mol. The summed E-state index contributed by atoms with van der Waals surface area (Å²) in [5, 5.41) is 4.20. The molecule has 2 heterocycles. The highest BCUT2D eigenvalue weighted by Crippen LogP contribution is 2.27. The number of carbonyl (C=O) groups excluding carboxylic acids is 1. The summed E-state index contributed by atoms with van der Waals surface area (Å²) in [7, 11) is 0. The molecular weight excluding hydrogens is 331 g/mol. The smallest absolute Gasteiger partial charge is 0.261 e. The largest absolute Gasteiger partial charge is 0.345 e. The van der Waals surface area contributed by atoms with Gasteiger partial charge < -0.3 is 5.32 Å². The van der Waals surface area contributed by atoms with Gasteiger partial charge in [0.2, 0.25) is 0 Å². The molecule has 0 saturated heterocycles. The lowest BCUT2D eigenvalue weighted by atomic mass is 10.2. The Hall–Kier alpha value is -2.31. The van der Waals surface area contributed by atoms with Gasteiger partial charge in [0.1, 0.15) is 10.8 Å². The van der Waals surface area contributed by atoms with Crippen LogP contribution in [0.5, 0.6) is 0 Å². The second-order valence-electron chi connectivity index (χ2n) is 5.02. The lowest BCUT2D eigenvalue weighted by Gasteiger charge is -1.99. The Morgan fingerprint density at radius 1 is 1.09 bits per heavy atom. The zero-order valence-electron chi connectivity index (χ0n) is 11.9. The van der Waals surface area contributed by atoms with Crippen molar-refractivity contribution in [2.45, 2.75) is 6.54 Å². The van der Waals surface area contributed by atoms with Gasteiger partial charge in [-0.05, 0) is 30.3 Å². The van der Waals surface area contributed by atoms with Crippen molar-refractivity contribution in [2.75, 3.05) is 0 Å². The zero-order valence-corrected chi connectivity index (χ0v) is 13.5. The summed E-state index contributed by atoms with van der Waals surface area (Å²) >= 11 is 2.85. The maximum absolute atomic E-state index is 13.7. The highest BCUT2D eigenvalue weighted by molar-refractivity contribution is 7.20. The summed E-state index contributed by atoms with van der Waals surface area (Å²) in [5.74, 6) is -0.506. The first-order valence-electron chi connectivity index (χ1n) is 7.01. The molecule has 0 aliphatic heterocycles. The molecule has 3 nitrogen and oxygen atoms in total. The summed E-state index contributed by atoms with van der Waals surface area (Å²) in [5.41, 5.74) is 0.936. The quantitative estimate of drug-likeness (QED) is 0.592. The van der Waals surface area contributed by atoms with Crippen LogP contribution in [0.1, 0.15) is 14.7 Å². The molecule has 23 heavy (non-hydrogen) atoms. The molecule has 0 unspecified atom stereocenters. The van der Waals surface area contributed by atoms with Crippen LogP contribution in [0.15, 0.2) is 48.5 Å². The molecule has 4 aromatic rings. The molecule has 1 N–H and O–H groups in total. The number of carbonyl (C=O) groups is 1. The van der Waals surface area contributed by atoms with E-state index >= 15 is 0 Å². The van der Waals surface area contributed by atoms with Crippen LogP contribution in [0.3, 0.4) is 0 Å². The van der Waals surface area contributed by atoms with Crippen LogP contribution in [0, 0.1) is 5.82 Å². The molecule has 6 heteroatoms. The van der Waals surface area contributed by atoms with Gasteiger partial charge in [-0.1, -0.05) is 18.2 Å². The lowest BCUT2D eigenvalue weighted by Crippen LogP contribution is -2.21. The minimum atomic E-state index is -0.302. The predicted molar refractivity (Wildman–Crippen MR) is 92.6 cm³/mol. The molecule has 0 aliphatic rings. The Morgan fingerprint density at radius 3 is 2.74 bits per heavy atom. The van der Waals surface area contributed by atoms with E-state index in [9.17, 15) is 9.18 Å². The molecule has 2 aromatic heterocycles. The number of nitrogens with one attached hydrogen (secondary N) is 1. The minimum Gasteiger partial charge on any atom is -0.345 e. The second kappa shape index (κ2) is 5.72. The van der Waals surface area contributed by atoms with Gasteiger partial charge in [-0.25, -0.2) is 9.37 Å². The fourth-order valence-electron chi connectivity index (χ4n) is 2.38. The summed E-state index contributed by atoms with van der Waals surface area (Å²) < 4.78 is 15.6. The van der Waals surface area contributed by atoms with Crippen molar-refractivity contribution in [1.82, 2.24) is 10.3 Å². The van der Waals surface area contributed by atoms with Crippen LogP contribution in [0.25, 0.3) is 20.3 Å². The van der Waals surface area contributed by atoms with E-state index in [1.807, 2.05) is 30.3 Å². The molecule has 0 saturated carbocycles. The molecular formula is C17H11FN2OS2. The van der Waals surface area contributed by atoms with Crippen molar-refractivity contribution in [3.05, 3.63) is 64.2 Å². The number of thiophene rings is 1. The van der Waals surface area contributed by atoms with E-state index in [2.05, 4.69) is 10.3 Å². The number of amides is 1. The van der Waals surface area contributed by atoms with Crippen molar-refractivity contribution in [3.8, 4) is 0 Å². The van der Waals surface area contributed by atoms with Crippen LogP contribution in [-0.2, 0) is 6.54 Å². The molecule has 0 bridgehead atoms. The van der Waals surface area contributed by atoms with Gasteiger partial charge in [-0.3, -0.25) is 4.79 Å². The lowest BCUT2D eigenvalue weighted by molar-refractivity contribution is 0.0955. The Bertz CT molecular complexity index is 989. The summed E-state index contributed by atoms with van der Waals surface area (Å²) in [6, 6.07) is 14.3. The Morgan fingerprint density at radius 2 is 1.91 bits per heavy atom. The maximum Gasteiger partial charge on any atom is 0.261 e. The van der Waals surface area contributed by atoms with E-state index in [1.54, 1.807) is 23.5 Å². The molecule has 4 rings (SSSR count). The van der Waals surface area contributed by atoms with Crippen LogP contribution >= 0.6 is 22.7 Å². The zero-order chi connectivity index (χ0) is 15.8. The van der Waals surface area contributed by atoms with Crippen molar-refractivity contribution >= 4 is 48.9 Å². The summed E-state index contributed by atoms with van der Waals surface area (Å²) in [6.45, 7) is 0.370. The first kappa shape index (κ1) is 14.3. The Kier molecular flexibility index (Phi) is 3.55. The van der Waals surface area contributed by atoms with Crippen molar-refractivity contribution in [1.29, 1.82) is 0 Å². The van der Waals surface area contributed by atoms with E-state index in [0.717, 1.165) is 19.9 Å². The molecule has 0 aliphatic carbocycles. The fraction of sp³-hybridized carbons (Fsp3) is 0.0588. The van der Waals surface area contributed by atoms with Crippen LogP contribution in [0.2, 0.25) is 0 Å². The summed E-state index contributed by atoms with van der Waals surface area (Å²) in [6.07, 6.45) is 0. The van der Waals surface area contributed by atoms with E-state index in [1.165, 1.54) is 17.4 Å². The number of fused-ring (bicyclic) bond motifs is 2. The molecule has 0 spiro atoms. The third-order valence-electron chi connectivity index (χ3n) is 3.47. The van der Waals surface area contributed by atoms with Crippen LogP contribution in [0.4, 0.5) is 4.39 Å². The SMILES string of the molecule is O=C(NCc1nc2ccccc2s1)c1cc2c(F)cccc2s1. The number of halogens is 1. The Labute approximate surface area is 139 Å². The molecule has 0 atom stereocenters. The number of rotatable bonds is 3. The number of nitrogens with zero attached hydrogens (tertiary/aromatic N) is 1. The number of hydrogen-bond donors (Lipinski definition) is 1. The molecule has 0 radical (unpaired) electrons. The second-order valence-corrected chi connectivity index (χ2v) is 7.22. The average Bonchev–Trinajstić information content (AvgIpc) is 3.17. The van der Waals surface area contributed by atoms with E-state index in [-0.39, 0.29) is 11.7 Å². The number of aromatic nitrogens is 1. The van der Waals surface area contributed by atoms with Crippen LogP contribution in [-0.4, -0.2) is 10.9 Å². The van der Waals surface area contributed by atoms with Crippen molar-refractivity contribution < 1.29 is 9.18 Å². The molecule has 1 amide bonds. The number of thiazole rings is 1. The standard InChI is InChI=1S/C17H11FN2OS2/c18-11-4-3-7-13-10(11)8-15(22-13)17(21)19-9-16-20-12-5-1-2-6-14(12)23-16/h1-8H,9H2,(H,19,21). The van der Waals surface area contributed by atoms with Gasteiger partial charge in [0, 0.05) is 10.1 Å². The van der Waals surface area contributed by atoms with E-state index in [4.69, 9.17) is 0 Å². The van der Waals surface area contributed by atoms with Gasteiger partial charge in [-0.2, -0.15) is 0 Å². The molecule has 2 aromatic carbocycles. The Balaban J connectivity index is 1.53. The van der Waals surface area contributed by atoms with Crippen LogP contribution < -0.4 is 5.32 Å². The molecule has 114 valence electrons. The van der Waals surface area contributed by atoms with Gasteiger partial charge in [-0.15, -0.1) is 22.7 Å². The minimum absolute atomic E-state index is 0.204. The van der Waals surface area contributed by atoms with Crippen molar-refractivity contribution in [3.63, 3.8) is 0 Å².